The Morgan fingerprint density at radius 3 is 2.09 bits per heavy atom. The first-order chi connectivity index (χ1) is 16.0. The molecular formula is C27H44F3N3. The van der Waals surface area contributed by atoms with Crippen molar-refractivity contribution in [3.05, 3.63) is 30.2 Å². The van der Waals surface area contributed by atoms with E-state index < -0.39 is 12.6 Å². The number of fused-ring (bicyclic) bond motifs is 1. The summed E-state index contributed by atoms with van der Waals surface area (Å²) in [5, 5.41) is 1.26. The van der Waals surface area contributed by atoms with Gasteiger partial charge in [0.1, 0.15) is 0 Å². The predicted molar refractivity (Wildman–Crippen MR) is 133 cm³/mol. The molecule has 3 nitrogen and oxygen atoms in total. The number of alkyl halides is 3. The first-order valence-corrected chi connectivity index (χ1v) is 13.3. The topological polar surface area (TPSA) is 29.9 Å². The summed E-state index contributed by atoms with van der Waals surface area (Å²) in [4.78, 5) is 4.31. The maximum absolute atomic E-state index is 12.2. The molecule has 0 saturated carbocycles. The van der Waals surface area contributed by atoms with E-state index in [-0.39, 0.29) is 6.42 Å². The van der Waals surface area contributed by atoms with Crippen molar-refractivity contribution in [3.8, 4) is 0 Å². The van der Waals surface area contributed by atoms with Crippen LogP contribution in [-0.4, -0.2) is 22.4 Å². The fourth-order valence-electron chi connectivity index (χ4n) is 4.46. The third-order valence-corrected chi connectivity index (χ3v) is 6.41. The van der Waals surface area contributed by atoms with Crippen LogP contribution in [0.1, 0.15) is 115 Å². The summed E-state index contributed by atoms with van der Waals surface area (Å²) in [7, 11) is 0. The number of nitrogens with one attached hydrogen (secondary N) is 1. The zero-order valence-electron chi connectivity index (χ0n) is 20.6. The monoisotopic (exact) mass is 467 g/mol. The van der Waals surface area contributed by atoms with E-state index in [1.807, 2.05) is 12.4 Å². The zero-order valence-corrected chi connectivity index (χ0v) is 20.6. The number of pyridine rings is 1. The molecule has 6 heteroatoms. The number of nitrogens with zero attached hydrogens (tertiary/aromatic N) is 2. The van der Waals surface area contributed by atoms with Crippen LogP contribution in [-0.2, 0) is 6.42 Å². The van der Waals surface area contributed by atoms with Crippen molar-refractivity contribution in [2.24, 2.45) is 0 Å². The quantitative estimate of drug-likeness (QED) is 0.209. The van der Waals surface area contributed by atoms with Crippen molar-refractivity contribution < 1.29 is 13.2 Å². The van der Waals surface area contributed by atoms with Gasteiger partial charge in [0.2, 0.25) is 0 Å². The summed E-state index contributed by atoms with van der Waals surface area (Å²) in [6, 6.07) is 2.10. The Morgan fingerprint density at radius 1 is 0.818 bits per heavy atom. The lowest BCUT2D eigenvalue weighted by Crippen LogP contribution is -2.14. The van der Waals surface area contributed by atoms with E-state index in [4.69, 9.17) is 0 Å². The second-order valence-corrected chi connectivity index (χ2v) is 9.39. The fourth-order valence-corrected chi connectivity index (χ4v) is 4.46. The number of unbranched alkanes of at least 4 members (excludes halogenated alkanes) is 13. The molecule has 2 heterocycles. The zero-order chi connectivity index (χ0) is 23.8. The van der Waals surface area contributed by atoms with E-state index in [2.05, 4.69) is 34.3 Å². The summed E-state index contributed by atoms with van der Waals surface area (Å²) in [5.74, 6) is 0. The summed E-state index contributed by atoms with van der Waals surface area (Å²) in [6.07, 6.45) is 19.2. The van der Waals surface area contributed by atoms with Crippen molar-refractivity contribution >= 4 is 10.9 Å². The number of halogens is 3. The minimum Gasteiger partial charge on any atom is -0.326 e. The lowest BCUT2D eigenvalue weighted by atomic mass is 10.0. The number of hydrogen-bond acceptors (Lipinski definition) is 2. The molecule has 0 aliphatic carbocycles. The van der Waals surface area contributed by atoms with Crippen molar-refractivity contribution in [1.29, 1.82) is 0 Å². The van der Waals surface area contributed by atoms with E-state index in [0.29, 0.717) is 6.42 Å². The van der Waals surface area contributed by atoms with Crippen molar-refractivity contribution in [2.45, 2.75) is 122 Å². The maximum atomic E-state index is 12.2. The Labute approximate surface area is 198 Å². The third kappa shape index (κ3) is 11.8. The SMILES string of the molecule is CCCCCCCCCCNn1cc(CCCCCCCCCC(F)(F)F)c2ccncc21. The van der Waals surface area contributed by atoms with Gasteiger partial charge in [0.15, 0.2) is 0 Å². The molecule has 0 bridgehead atoms. The molecule has 0 saturated heterocycles. The largest absolute Gasteiger partial charge is 0.389 e. The molecule has 33 heavy (non-hydrogen) atoms. The molecule has 0 unspecified atom stereocenters. The fraction of sp³-hybridized carbons (Fsp3) is 0.741. The standard InChI is InChI=1S/C27H44F3N3/c1-2-3-4-5-6-10-13-16-20-32-33-23-24(25-18-21-31-22-26(25)33)17-14-11-8-7-9-12-15-19-27(28,29)30/h18,21-23,32H,2-17,19-20H2,1H3. The molecule has 0 spiro atoms. The van der Waals surface area contributed by atoms with Crippen LogP contribution in [0.3, 0.4) is 0 Å². The van der Waals surface area contributed by atoms with Gasteiger partial charge in [0.25, 0.3) is 0 Å². The molecule has 0 aliphatic heterocycles. The predicted octanol–water partition coefficient (Wildman–Crippen LogP) is 8.95. The van der Waals surface area contributed by atoms with Gasteiger partial charge in [0, 0.05) is 30.7 Å². The van der Waals surface area contributed by atoms with Crippen LogP contribution in [0.2, 0.25) is 0 Å². The Kier molecular flexibility index (Phi) is 13.3. The number of aryl methyl sites for hydroxylation is 1. The first-order valence-electron chi connectivity index (χ1n) is 13.3. The highest BCUT2D eigenvalue weighted by atomic mass is 19.4. The van der Waals surface area contributed by atoms with Gasteiger partial charge < -0.3 is 5.43 Å². The molecule has 188 valence electrons. The maximum Gasteiger partial charge on any atom is 0.389 e. The lowest BCUT2D eigenvalue weighted by Gasteiger charge is -2.09. The van der Waals surface area contributed by atoms with E-state index in [1.165, 1.54) is 62.3 Å². The van der Waals surface area contributed by atoms with Crippen LogP contribution in [0.25, 0.3) is 10.9 Å². The molecule has 2 aromatic rings. The molecule has 0 fully saturated rings. The average molecular weight is 468 g/mol. The minimum atomic E-state index is -4.00. The van der Waals surface area contributed by atoms with Gasteiger partial charge in [-0.15, -0.1) is 0 Å². The van der Waals surface area contributed by atoms with Gasteiger partial charge in [0.05, 0.1) is 11.7 Å². The lowest BCUT2D eigenvalue weighted by molar-refractivity contribution is -0.135. The van der Waals surface area contributed by atoms with Gasteiger partial charge in [-0.3, -0.25) is 9.66 Å². The molecule has 2 rings (SSSR count). The van der Waals surface area contributed by atoms with Crippen molar-refractivity contribution in [2.75, 3.05) is 12.0 Å². The van der Waals surface area contributed by atoms with Crippen molar-refractivity contribution in [3.63, 3.8) is 0 Å². The van der Waals surface area contributed by atoms with Gasteiger partial charge in [-0.1, -0.05) is 84.0 Å². The summed E-state index contributed by atoms with van der Waals surface area (Å²) in [5.41, 5.74) is 6.04. The van der Waals surface area contributed by atoms with Crippen LogP contribution in [0.15, 0.2) is 24.7 Å². The van der Waals surface area contributed by atoms with Crippen LogP contribution in [0, 0.1) is 0 Å². The second-order valence-electron chi connectivity index (χ2n) is 9.39. The highest BCUT2D eigenvalue weighted by Gasteiger charge is 2.25. The van der Waals surface area contributed by atoms with E-state index >= 15 is 0 Å². The molecule has 0 atom stereocenters. The molecule has 2 aromatic heterocycles. The number of aromatic nitrogens is 2. The van der Waals surface area contributed by atoms with Crippen LogP contribution in [0.4, 0.5) is 13.2 Å². The highest BCUT2D eigenvalue weighted by Crippen LogP contribution is 2.24. The molecule has 0 radical (unpaired) electrons. The number of rotatable bonds is 19. The summed E-state index contributed by atoms with van der Waals surface area (Å²) >= 11 is 0. The normalized spacial score (nSPS) is 12.0. The summed E-state index contributed by atoms with van der Waals surface area (Å²) in [6.45, 7) is 3.23. The van der Waals surface area contributed by atoms with Crippen molar-refractivity contribution in [1.82, 2.24) is 9.66 Å². The van der Waals surface area contributed by atoms with Crippen LogP contribution >= 0.6 is 0 Å². The third-order valence-electron chi connectivity index (χ3n) is 6.41. The smallest absolute Gasteiger partial charge is 0.326 e. The molecule has 1 N–H and O–H groups in total. The van der Waals surface area contributed by atoms with Crippen LogP contribution < -0.4 is 5.43 Å². The first kappa shape index (κ1) is 27.5. The molecular weight excluding hydrogens is 423 g/mol. The van der Waals surface area contributed by atoms with Gasteiger partial charge in [-0.05, 0) is 37.3 Å². The van der Waals surface area contributed by atoms with E-state index in [1.54, 1.807) is 0 Å². The molecule has 0 amide bonds. The van der Waals surface area contributed by atoms with E-state index in [9.17, 15) is 13.2 Å². The Morgan fingerprint density at radius 2 is 1.42 bits per heavy atom. The average Bonchev–Trinajstić information content (AvgIpc) is 3.14. The Balaban J connectivity index is 1.63. The van der Waals surface area contributed by atoms with E-state index in [0.717, 1.165) is 50.6 Å². The Bertz CT molecular complexity index is 755. The Hall–Kier alpha value is -1.72. The number of hydrogen-bond donors (Lipinski definition) is 1. The molecule has 0 aromatic carbocycles. The van der Waals surface area contributed by atoms with Gasteiger partial charge in [-0.25, -0.2) is 0 Å². The summed E-state index contributed by atoms with van der Waals surface area (Å²) < 4.78 is 38.6. The highest BCUT2D eigenvalue weighted by molar-refractivity contribution is 5.83. The van der Waals surface area contributed by atoms with Gasteiger partial charge in [-0.2, -0.15) is 13.2 Å². The minimum absolute atomic E-state index is 0.267. The molecule has 0 aliphatic rings. The second kappa shape index (κ2) is 16.0. The van der Waals surface area contributed by atoms with Crippen LogP contribution in [0.5, 0.6) is 0 Å². The van der Waals surface area contributed by atoms with Gasteiger partial charge >= 0.3 is 6.18 Å².